The maximum Gasteiger partial charge on any atom is 2.00 e. The number of allylic oxidation sites excluding steroid dienone is 3. The van der Waals surface area contributed by atoms with Gasteiger partial charge in [-0.15, -0.1) is 80.7 Å². The average molecular weight is 678 g/mol. The summed E-state index contributed by atoms with van der Waals surface area (Å²) in [7, 11) is 0.0370. The Kier molecular flexibility index (Phi) is 19.2. The molecule has 0 bridgehead atoms. The first-order valence-corrected chi connectivity index (χ1v) is 19.0. The molecule has 4 aromatic carbocycles. The van der Waals surface area contributed by atoms with E-state index in [1.165, 1.54) is 46.2 Å². The Morgan fingerprint density at radius 1 is 0.619 bits per heavy atom. The first kappa shape index (κ1) is 38.9. The van der Waals surface area contributed by atoms with E-state index in [9.17, 15) is 0 Å². The van der Waals surface area contributed by atoms with Crippen molar-refractivity contribution >= 4 is 48.0 Å². The normalized spacial score (nSPS) is 11.5. The van der Waals surface area contributed by atoms with Gasteiger partial charge in [0.15, 0.2) is 0 Å². The molecule has 4 rings (SSSR count). The van der Waals surface area contributed by atoms with Crippen molar-refractivity contribution in [2.75, 3.05) is 24.6 Å². The van der Waals surface area contributed by atoms with Crippen LogP contribution in [-0.2, 0) is 26.2 Å². The second-order valence-electron chi connectivity index (χ2n) is 12.8. The molecule has 42 heavy (non-hydrogen) atoms. The van der Waals surface area contributed by atoms with Gasteiger partial charge in [-0.05, 0) is 55.2 Å². The van der Waals surface area contributed by atoms with E-state index in [0.29, 0.717) is 0 Å². The Morgan fingerprint density at radius 2 is 0.952 bits per heavy atom. The van der Waals surface area contributed by atoms with E-state index in [1.54, 1.807) is 16.7 Å². The van der Waals surface area contributed by atoms with Gasteiger partial charge in [-0.25, -0.2) is 0 Å². The van der Waals surface area contributed by atoms with Crippen molar-refractivity contribution in [2.45, 2.75) is 62.3 Å². The molecule has 0 amide bonds. The van der Waals surface area contributed by atoms with E-state index in [-0.39, 0.29) is 42.0 Å². The van der Waals surface area contributed by atoms with Crippen LogP contribution in [0.3, 0.4) is 0 Å². The third-order valence-electron chi connectivity index (χ3n) is 6.61. The molecule has 0 atom stereocenters. The maximum atomic E-state index is 3.46. The van der Waals surface area contributed by atoms with Crippen molar-refractivity contribution in [3.05, 3.63) is 97.6 Å². The van der Waals surface area contributed by atoms with Crippen LogP contribution in [0.5, 0.6) is 0 Å². The van der Waals surface area contributed by atoms with Crippen LogP contribution in [-0.4, -0.2) is 24.6 Å². The van der Waals surface area contributed by atoms with Gasteiger partial charge in [-0.3, -0.25) is 0 Å². The first-order chi connectivity index (χ1) is 19.5. The van der Waals surface area contributed by atoms with E-state index in [0.717, 1.165) is 23.7 Å². The summed E-state index contributed by atoms with van der Waals surface area (Å²) in [6.45, 7) is 24.2. The van der Waals surface area contributed by atoms with Gasteiger partial charge in [0.05, 0.1) is 0 Å². The van der Waals surface area contributed by atoms with E-state index in [4.69, 9.17) is 0 Å². The monoisotopic (exact) mass is 676 g/mol. The fraction of sp³-hybridized carbons (Fsp3) is 0.436. The van der Waals surface area contributed by atoms with Gasteiger partial charge in [0.1, 0.15) is 0 Å². The van der Waals surface area contributed by atoms with Crippen LogP contribution in [0, 0.1) is 23.7 Å². The summed E-state index contributed by atoms with van der Waals surface area (Å²) < 4.78 is 0. The molecule has 0 aliphatic heterocycles. The van der Waals surface area contributed by atoms with Crippen molar-refractivity contribution in [2.24, 2.45) is 23.7 Å². The van der Waals surface area contributed by atoms with Gasteiger partial charge in [0, 0.05) is 0 Å². The van der Waals surface area contributed by atoms with Crippen molar-refractivity contribution in [1.82, 2.24) is 0 Å². The smallest absolute Gasteiger partial charge is 0.161 e. The molecular weight excluding hydrogens is 622 g/mol. The minimum atomic E-state index is 0. The van der Waals surface area contributed by atoms with E-state index in [2.05, 4.69) is 135 Å². The quantitative estimate of drug-likeness (QED) is 0.0842. The zero-order valence-electron chi connectivity index (χ0n) is 27.9. The maximum absolute atomic E-state index is 3.46. The minimum absolute atomic E-state index is 0. The predicted molar refractivity (Wildman–Crippen MR) is 196 cm³/mol. The molecule has 0 unspecified atom stereocenters. The molecular formula is C39H56P2Zr. The number of benzene rings is 2. The van der Waals surface area contributed by atoms with Crippen LogP contribution >= 0.6 is 15.8 Å². The summed E-state index contributed by atoms with van der Waals surface area (Å²) in [6, 6.07) is 27.2. The topological polar surface area (TPSA) is 0 Å². The summed E-state index contributed by atoms with van der Waals surface area (Å²) in [6.07, 6.45) is 11.0. The second kappa shape index (κ2) is 20.8. The summed E-state index contributed by atoms with van der Waals surface area (Å²) in [5, 5.41) is 8.85. The Hall–Kier alpha value is -1.12. The van der Waals surface area contributed by atoms with Crippen LogP contribution in [0.4, 0.5) is 0 Å². The van der Waals surface area contributed by atoms with Crippen LogP contribution < -0.4 is 10.6 Å². The van der Waals surface area contributed by atoms with Gasteiger partial charge >= 0.3 is 26.2 Å². The van der Waals surface area contributed by atoms with Gasteiger partial charge in [0.2, 0.25) is 0 Å². The zero-order chi connectivity index (χ0) is 30.4. The Bertz CT molecular complexity index is 1120. The van der Waals surface area contributed by atoms with E-state index < -0.39 is 0 Å². The van der Waals surface area contributed by atoms with E-state index >= 15 is 0 Å². The summed E-state index contributed by atoms with van der Waals surface area (Å²) in [5.74, 6) is 3.20. The third-order valence-corrected chi connectivity index (χ3v) is 13.3. The van der Waals surface area contributed by atoms with Gasteiger partial charge < -0.3 is 0 Å². The SMILES string of the molecule is C=C/C=C/C.CC(C)CP(CC(C)C)c1cc2ccccc2[cH-]1.CC(C)CP(CC(C)C)c1cc2ccccc2[cH-]1.[Zr+2]. The van der Waals surface area contributed by atoms with Gasteiger partial charge in [0.25, 0.3) is 0 Å². The summed E-state index contributed by atoms with van der Waals surface area (Å²) >= 11 is 0. The molecule has 4 aromatic rings. The van der Waals surface area contributed by atoms with Crippen molar-refractivity contribution in [3.63, 3.8) is 0 Å². The van der Waals surface area contributed by atoms with Gasteiger partial charge in [-0.2, -0.15) is 12.1 Å². The molecule has 0 heterocycles. The van der Waals surface area contributed by atoms with Crippen LogP contribution in [0.2, 0.25) is 0 Å². The predicted octanol–water partition coefficient (Wildman–Crippen LogP) is 11.7. The molecule has 0 saturated carbocycles. The molecule has 0 aliphatic rings. The number of rotatable bonds is 11. The molecule has 3 heteroatoms. The first-order valence-electron chi connectivity index (χ1n) is 15.6. The van der Waals surface area contributed by atoms with Crippen molar-refractivity contribution in [1.29, 1.82) is 0 Å². The number of hydrogen-bond donors (Lipinski definition) is 0. The van der Waals surface area contributed by atoms with Crippen LogP contribution in [0.25, 0.3) is 21.5 Å². The molecule has 0 nitrogen and oxygen atoms in total. The summed E-state index contributed by atoms with van der Waals surface area (Å²) in [5.41, 5.74) is 0. The third kappa shape index (κ3) is 14.1. The second-order valence-corrected chi connectivity index (χ2v) is 17.5. The van der Waals surface area contributed by atoms with Crippen LogP contribution in [0.1, 0.15) is 62.3 Å². The molecule has 0 fully saturated rings. The molecule has 0 N–H and O–H groups in total. The standard InChI is InChI=1S/2C17H24P.C5H8.Zr/c2*1-13(2)11-18(12-14(3)4)17-9-15-7-5-6-8-16(15)10-17;1-3-5-4-2;/h2*5-10,13-14H,11-12H2,1-4H3;3-5H,1H2,2H3;/q2*-1;;+2/b;;5-4+;. The molecule has 0 saturated heterocycles. The molecule has 0 aromatic heterocycles. The fourth-order valence-electron chi connectivity index (χ4n) is 5.10. The van der Waals surface area contributed by atoms with Crippen molar-refractivity contribution < 1.29 is 26.2 Å². The average Bonchev–Trinajstić information content (AvgIpc) is 3.53. The summed E-state index contributed by atoms with van der Waals surface area (Å²) in [4.78, 5) is 0. The molecule has 0 aliphatic carbocycles. The zero-order valence-corrected chi connectivity index (χ0v) is 32.1. The number of hydrogen-bond acceptors (Lipinski definition) is 0. The number of fused-ring (bicyclic) bond motifs is 2. The molecule has 0 radical (unpaired) electrons. The van der Waals surface area contributed by atoms with Crippen LogP contribution in [0.15, 0.2) is 97.6 Å². The van der Waals surface area contributed by atoms with E-state index in [1.807, 2.05) is 19.1 Å². The fourth-order valence-corrected chi connectivity index (χ4v) is 11.1. The largest absolute Gasteiger partial charge is 2.00 e. The van der Waals surface area contributed by atoms with Gasteiger partial charge in [-0.1, -0.05) is 108 Å². The van der Waals surface area contributed by atoms with Crippen molar-refractivity contribution in [3.8, 4) is 0 Å². The molecule has 226 valence electrons. The Labute approximate surface area is 280 Å². The Morgan fingerprint density at radius 3 is 1.19 bits per heavy atom. The molecule has 0 spiro atoms. The Balaban J connectivity index is 0.000000355. The minimum Gasteiger partial charge on any atom is -0.161 e.